The van der Waals surface area contributed by atoms with Crippen molar-refractivity contribution < 1.29 is 28.6 Å². The van der Waals surface area contributed by atoms with Crippen LogP contribution in [0.1, 0.15) is 30.6 Å². The van der Waals surface area contributed by atoms with E-state index in [0.29, 0.717) is 5.88 Å². The van der Waals surface area contributed by atoms with Crippen LogP contribution in [0.4, 0.5) is 4.39 Å². The monoisotopic (exact) mass is 376 g/mol. The summed E-state index contributed by atoms with van der Waals surface area (Å²) in [6.07, 6.45) is 0.864. The highest BCUT2D eigenvalue weighted by Gasteiger charge is 2.21. The van der Waals surface area contributed by atoms with Crippen molar-refractivity contribution in [3.8, 4) is 11.6 Å². The van der Waals surface area contributed by atoms with E-state index in [-0.39, 0.29) is 24.0 Å². The largest absolute Gasteiger partial charge is 0.478 e. The summed E-state index contributed by atoms with van der Waals surface area (Å²) in [6.45, 7) is 3.59. The Bertz CT molecular complexity index is 782. The summed E-state index contributed by atoms with van der Waals surface area (Å²) >= 11 is 0. The highest BCUT2D eigenvalue weighted by molar-refractivity contribution is 5.94. The van der Waals surface area contributed by atoms with Crippen molar-refractivity contribution in [1.29, 1.82) is 0 Å². The van der Waals surface area contributed by atoms with E-state index >= 15 is 0 Å². The first-order chi connectivity index (χ1) is 12.9. The van der Waals surface area contributed by atoms with Crippen molar-refractivity contribution in [2.45, 2.75) is 32.5 Å². The smallest absolute Gasteiger partial charge is 0.346 e. The molecule has 1 heterocycles. The number of pyridine rings is 1. The minimum Gasteiger partial charge on any atom is -0.478 e. The molecule has 1 aromatic carbocycles. The number of carboxylic acid groups (broad SMARTS) is 1. The van der Waals surface area contributed by atoms with Gasteiger partial charge < -0.3 is 19.9 Å². The van der Waals surface area contributed by atoms with E-state index in [9.17, 15) is 19.1 Å². The van der Waals surface area contributed by atoms with Gasteiger partial charge in [0.2, 0.25) is 12.0 Å². The van der Waals surface area contributed by atoms with Gasteiger partial charge in [0.05, 0.1) is 12.6 Å². The first-order valence-electron chi connectivity index (χ1n) is 8.45. The topological polar surface area (TPSA) is 97.8 Å². The van der Waals surface area contributed by atoms with Gasteiger partial charge in [0, 0.05) is 17.8 Å². The number of nitrogens with zero attached hydrogens (tertiary/aromatic N) is 1. The van der Waals surface area contributed by atoms with Gasteiger partial charge in [-0.1, -0.05) is 6.92 Å². The number of nitrogens with one attached hydrogen (secondary N) is 1. The first kappa shape index (κ1) is 20.2. The molecule has 27 heavy (non-hydrogen) atoms. The first-order valence-corrected chi connectivity index (χ1v) is 8.45. The summed E-state index contributed by atoms with van der Waals surface area (Å²) in [5.41, 5.74) is 0.286. The maximum Gasteiger partial charge on any atom is 0.346 e. The second-order valence-electron chi connectivity index (χ2n) is 5.83. The van der Waals surface area contributed by atoms with E-state index in [1.807, 2.05) is 13.8 Å². The van der Waals surface area contributed by atoms with Gasteiger partial charge in [0.25, 0.3) is 5.91 Å². The minimum absolute atomic E-state index is 0.0451. The number of hydrogen-bond acceptors (Lipinski definition) is 5. The van der Waals surface area contributed by atoms with E-state index in [2.05, 4.69) is 10.3 Å². The molecular weight excluding hydrogens is 355 g/mol. The lowest BCUT2D eigenvalue weighted by Gasteiger charge is -2.16. The van der Waals surface area contributed by atoms with Crippen molar-refractivity contribution >= 4 is 11.9 Å². The van der Waals surface area contributed by atoms with Crippen LogP contribution in [0.3, 0.4) is 0 Å². The summed E-state index contributed by atoms with van der Waals surface area (Å²) in [7, 11) is 0. The SMILES string of the molecule is CCC(C)Oc1cc(C(=O)NCC(Oc2ccc(F)cc2)C(=O)O)ccn1. The Morgan fingerprint density at radius 1 is 1.22 bits per heavy atom. The molecule has 1 aromatic heterocycles. The van der Waals surface area contributed by atoms with Gasteiger partial charge in [0.1, 0.15) is 11.6 Å². The molecule has 2 rings (SSSR count). The molecule has 0 aliphatic carbocycles. The molecule has 2 atom stereocenters. The van der Waals surface area contributed by atoms with Gasteiger partial charge in [0.15, 0.2) is 0 Å². The number of rotatable bonds is 9. The molecule has 0 spiro atoms. The van der Waals surface area contributed by atoms with Crippen molar-refractivity contribution in [3.63, 3.8) is 0 Å². The number of carbonyl (C=O) groups is 2. The lowest BCUT2D eigenvalue weighted by atomic mass is 10.2. The fourth-order valence-corrected chi connectivity index (χ4v) is 2.05. The Kier molecular flexibility index (Phi) is 7.10. The number of halogens is 1. The Hall–Kier alpha value is -3.16. The molecule has 0 fully saturated rings. The van der Waals surface area contributed by atoms with Crippen LogP contribution >= 0.6 is 0 Å². The molecule has 0 saturated heterocycles. The molecule has 7 nitrogen and oxygen atoms in total. The summed E-state index contributed by atoms with van der Waals surface area (Å²) in [4.78, 5) is 27.7. The molecule has 2 unspecified atom stereocenters. The third-order valence-electron chi connectivity index (χ3n) is 3.71. The molecule has 0 saturated carbocycles. The van der Waals surface area contributed by atoms with E-state index in [4.69, 9.17) is 9.47 Å². The maximum atomic E-state index is 12.9. The molecule has 0 radical (unpaired) electrons. The van der Waals surface area contributed by atoms with Crippen LogP contribution in [-0.2, 0) is 4.79 Å². The molecule has 0 bridgehead atoms. The van der Waals surface area contributed by atoms with Crippen molar-refractivity contribution in [1.82, 2.24) is 10.3 Å². The number of ether oxygens (including phenoxy) is 2. The van der Waals surface area contributed by atoms with E-state index in [1.165, 1.54) is 30.5 Å². The van der Waals surface area contributed by atoms with Crippen LogP contribution in [0, 0.1) is 5.82 Å². The zero-order chi connectivity index (χ0) is 19.8. The average Bonchev–Trinajstić information content (AvgIpc) is 2.66. The Morgan fingerprint density at radius 2 is 1.93 bits per heavy atom. The summed E-state index contributed by atoms with van der Waals surface area (Å²) in [6, 6.07) is 7.92. The predicted molar refractivity (Wildman–Crippen MR) is 95.4 cm³/mol. The standard InChI is InChI=1S/C19H21FN2O5/c1-3-12(2)26-17-10-13(8-9-21-17)18(23)22-11-16(19(24)25)27-15-6-4-14(20)5-7-15/h4-10,12,16H,3,11H2,1-2H3,(H,22,23)(H,24,25). The molecular formula is C19H21FN2O5. The van der Waals surface area contributed by atoms with Gasteiger partial charge in [-0.3, -0.25) is 4.79 Å². The average molecular weight is 376 g/mol. The normalized spacial score (nSPS) is 12.7. The molecule has 2 N–H and O–H groups in total. The van der Waals surface area contributed by atoms with Crippen molar-refractivity contribution in [3.05, 3.63) is 54.0 Å². The Balaban J connectivity index is 1.98. The second-order valence-corrected chi connectivity index (χ2v) is 5.83. The number of aliphatic carboxylic acids is 1. The Labute approximate surface area is 156 Å². The molecule has 2 aromatic rings. The van der Waals surface area contributed by atoms with Crippen LogP contribution in [0.5, 0.6) is 11.6 Å². The number of aromatic nitrogens is 1. The van der Waals surface area contributed by atoms with Crippen LogP contribution in [-0.4, -0.2) is 40.7 Å². The van der Waals surface area contributed by atoms with Gasteiger partial charge in [-0.05, 0) is 43.7 Å². The lowest BCUT2D eigenvalue weighted by molar-refractivity contribution is -0.144. The van der Waals surface area contributed by atoms with Gasteiger partial charge in [-0.15, -0.1) is 0 Å². The molecule has 0 aliphatic heterocycles. The highest BCUT2D eigenvalue weighted by Crippen LogP contribution is 2.14. The summed E-state index contributed by atoms with van der Waals surface area (Å²) < 4.78 is 23.8. The quantitative estimate of drug-likeness (QED) is 0.698. The van der Waals surface area contributed by atoms with E-state index in [0.717, 1.165) is 18.6 Å². The number of amides is 1. The van der Waals surface area contributed by atoms with Gasteiger partial charge in [-0.2, -0.15) is 0 Å². The highest BCUT2D eigenvalue weighted by atomic mass is 19.1. The zero-order valence-corrected chi connectivity index (χ0v) is 15.0. The summed E-state index contributed by atoms with van der Waals surface area (Å²) in [5, 5.41) is 11.8. The molecule has 8 heteroatoms. The zero-order valence-electron chi connectivity index (χ0n) is 15.0. The number of carbonyl (C=O) groups excluding carboxylic acids is 1. The van der Waals surface area contributed by atoms with Crippen molar-refractivity contribution in [2.75, 3.05) is 6.54 Å². The number of carboxylic acids is 1. The second kappa shape index (κ2) is 9.51. The number of hydrogen-bond donors (Lipinski definition) is 2. The summed E-state index contributed by atoms with van der Waals surface area (Å²) in [5.74, 6) is -1.70. The van der Waals surface area contributed by atoms with E-state index in [1.54, 1.807) is 0 Å². The van der Waals surface area contributed by atoms with Crippen LogP contribution in [0.2, 0.25) is 0 Å². The molecule has 0 aliphatic rings. The van der Waals surface area contributed by atoms with E-state index < -0.39 is 23.8 Å². The third kappa shape index (κ3) is 6.25. The van der Waals surface area contributed by atoms with Crippen molar-refractivity contribution in [2.24, 2.45) is 0 Å². The van der Waals surface area contributed by atoms with Crippen LogP contribution in [0.25, 0.3) is 0 Å². The minimum atomic E-state index is -1.32. The Morgan fingerprint density at radius 3 is 2.56 bits per heavy atom. The molecule has 1 amide bonds. The van der Waals surface area contributed by atoms with Crippen LogP contribution in [0.15, 0.2) is 42.6 Å². The molecule has 144 valence electrons. The van der Waals surface area contributed by atoms with Gasteiger partial charge in [-0.25, -0.2) is 14.2 Å². The third-order valence-corrected chi connectivity index (χ3v) is 3.71. The maximum absolute atomic E-state index is 12.9. The fraction of sp³-hybridized carbons (Fsp3) is 0.316. The lowest BCUT2D eigenvalue weighted by Crippen LogP contribution is -2.40. The predicted octanol–water partition coefficient (Wildman–Crippen LogP) is 2.66. The van der Waals surface area contributed by atoms with Crippen LogP contribution < -0.4 is 14.8 Å². The van der Waals surface area contributed by atoms with Gasteiger partial charge >= 0.3 is 5.97 Å². The fourth-order valence-electron chi connectivity index (χ4n) is 2.05. The number of benzene rings is 1.